The molecule has 8 heteroatoms. The third kappa shape index (κ3) is 3.16. The lowest BCUT2D eigenvalue weighted by molar-refractivity contribution is -0.112. The molecule has 2 aliphatic heterocycles. The second-order valence-corrected chi connectivity index (χ2v) is 7.74. The zero-order chi connectivity index (χ0) is 21.0. The van der Waals surface area contributed by atoms with Crippen molar-refractivity contribution in [3.63, 3.8) is 0 Å². The number of carbonyl (C=O) groups is 2. The number of alkyl halides is 2. The average Bonchev–Trinajstić information content (AvgIpc) is 2.95. The van der Waals surface area contributed by atoms with Gasteiger partial charge in [-0.1, -0.05) is 35.3 Å². The quantitative estimate of drug-likeness (QED) is 0.462. The number of dihydropyridines is 1. The molecule has 0 saturated carbocycles. The molecule has 4 rings (SSSR count). The van der Waals surface area contributed by atoms with Gasteiger partial charge >= 0.3 is 6.55 Å². The van der Waals surface area contributed by atoms with Crippen LogP contribution in [0.2, 0.25) is 10.0 Å². The molecule has 29 heavy (non-hydrogen) atoms. The molecule has 2 heterocycles. The Morgan fingerprint density at radius 1 is 1.21 bits per heavy atom. The first-order valence-electron chi connectivity index (χ1n) is 8.72. The first-order chi connectivity index (χ1) is 13.7. The maximum absolute atomic E-state index is 13.9. The fourth-order valence-electron chi connectivity index (χ4n) is 3.78. The summed E-state index contributed by atoms with van der Waals surface area (Å²) >= 11 is 12.2. The summed E-state index contributed by atoms with van der Waals surface area (Å²) in [6, 6.07) is 7.82. The zero-order valence-corrected chi connectivity index (χ0v) is 16.9. The predicted molar refractivity (Wildman–Crippen MR) is 109 cm³/mol. The van der Waals surface area contributed by atoms with Gasteiger partial charge in [0.05, 0.1) is 16.6 Å². The molecule has 0 bridgehead atoms. The second kappa shape index (κ2) is 7.04. The number of rotatable bonds is 3. The highest BCUT2D eigenvalue weighted by atomic mass is 35.5. The number of anilines is 1. The number of Topliss-reactive ketones (excluding diaryl/α,β-unsaturated/α-hetero) is 1. The highest BCUT2D eigenvalue weighted by molar-refractivity contribution is 6.38. The van der Waals surface area contributed by atoms with Gasteiger partial charge in [0.1, 0.15) is 5.84 Å². The molecule has 0 aliphatic carbocycles. The van der Waals surface area contributed by atoms with Crippen LogP contribution in [-0.4, -0.2) is 24.1 Å². The van der Waals surface area contributed by atoms with Crippen molar-refractivity contribution in [3.05, 3.63) is 68.7 Å². The highest BCUT2D eigenvalue weighted by Gasteiger charge is 2.43. The molecule has 0 aromatic heterocycles. The first kappa shape index (κ1) is 19.7. The van der Waals surface area contributed by atoms with Crippen LogP contribution in [0.3, 0.4) is 0 Å². The fourth-order valence-corrected chi connectivity index (χ4v) is 4.29. The van der Waals surface area contributed by atoms with Crippen molar-refractivity contribution < 1.29 is 18.4 Å². The largest absolute Gasteiger partial charge is 0.320 e. The van der Waals surface area contributed by atoms with Crippen molar-refractivity contribution in [1.29, 1.82) is 0 Å². The number of halogens is 4. The summed E-state index contributed by atoms with van der Waals surface area (Å²) in [5, 5.41) is 0.664. The van der Waals surface area contributed by atoms with E-state index in [1.165, 1.54) is 13.0 Å². The van der Waals surface area contributed by atoms with Crippen LogP contribution in [0.1, 0.15) is 39.9 Å². The molecule has 4 nitrogen and oxygen atoms in total. The smallest absolute Gasteiger partial charge is 0.295 e. The van der Waals surface area contributed by atoms with Crippen LogP contribution in [0.5, 0.6) is 0 Å². The summed E-state index contributed by atoms with van der Waals surface area (Å²) in [6.07, 6.45) is 1.57. The minimum atomic E-state index is -2.89. The lowest BCUT2D eigenvalue weighted by Gasteiger charge is -2.23. The van der Waals surface area contributed by atoms with Crippen molar-refractivity contribution >= 4 is 52.0 Å². The van der Waals surface area contributed by atoms with Crippen molar-refractivity contribution in [3.8, 4) is 0 Å². The van der Waals surface area contributed by atoms with Crippen LogP contribution in [0.4, 0.5) is 14.5 Å². The summed E-state index contributed by atoms with van der Waals surface area (Å²) in [7, 11) is 0. The van der Waals surface area contributed by atoms with E-state index in [2.05, 4.69) is 4.99 Å². The number of benzene rings is 2. The van der Waals surface area contributed by atoms with Gasteiger partial charge < -0.3 is 0 Å². The molecule has 2 aliphatic rings. The molecule has 148 valence electrons. The topological polar surface area (TPSA) is 49.7 Å². The van der Waals surface area contributed by atoms with Crippen LogP contribution in [0.25, 0.3) is 5.57 Å². The summed E-state index contributed by atoms with van der Waals surface area (Å²) in [5.74, 6) is -1.60. The minimum absolute atomic E-state index is 0.0577. The van der Waals surface area contributed by atoms with E-state index in [1.54, 1.807) is 37.3 Å². The molecule has 1 atom stereocenters. The van der Waals surface area contributed by atoms with Crippen LogP contribution in [0.15, 0.2) is 41.4 Å². The number of aryl methyl sites for hydroxylation is 1. The van der Waals surface area contributed by atoms with Crippen molar-refractivity contribution in [1.82, 2.24) is 0 Å². The van der Waals surface area contributed by atoms with E-state index < -0.39 is 18.4 Å². The first-order valence-corrected chi connectivity index (χ1v) is 9.47. The number of ketones is 1. The summed E-state index contributed by atoms with van der Waals surface area (Å²) in [5.41, 5.74) is 2.31. The maximum atomic E-state index is 13.9. The Labute approximate surface area is 175 Å². The van der Waals surface area contributed by atoms with E-state index in [0.29, 0.717) is 27.3 Å². The van der Waals surface area contributed by atoms with Gasteiger partial charge in [-0.15, -0.1) is 0 Å². The Kier molecular flexibility index (Phi) is 4.79. The predicted octanol–water partition coefficient (Wildman–Crippen LogP) is 5.65. The molecule has 0 radical (unpaired) electrons. The molecular formula is C21H14Cl2F2N2O2. The Morgan fingerprint density at radius 3 is 2.55 bits per heavy atom. The van der Waals surface area contributed by atoms with Crippen LogP contribution in [-0.2, 0) is 4.79 Å². The van der Waals surface area contributed by atoms with Gasteiger partial charge in [-0.25, -0.2) is 0 Å². The molecule has 1 unspecified atom stereocenters. The number of aliphatic imine (C=N–C) groups is 1. The molecule has 2 aromatic rings. The van der Waals surface area contributed by atoms with Gasteiger partial charge in [0.2, 0.25) is 0 Å². The van der Waals surface area contributed by atoms with Crippen LogP contribution < -0.4 is 4.90 Å². The van der Waals surface area contributed by atoms with E-state index >= 15 is 0 Å². The van der Waals surface area contributed by atoms with Crippen molar-refractivity contribution in [2.24, 2.45) is 4.99 Å². The molecule has 0 N–H and O–H groups in total. The Bertz CT molecular complexity index is 1140. The number of carbonyl (C=O) groups excluding carboxylic acids is 2. The number of amidine groups is 1. The lowest BCUT2D eigenvalue weighted by atomic mass is 9.90. The van der Waals surface area contributed by atoms with Gasteiger partial charge in [0.15, 0.2) is 5.78 Å². The van der Waals surface area contributed by atoms with Crippen LogP contribution in [0, 0.1) is 6.92 Å². The van der Waals surface area contributed by atoms with Crippen molar-refractivity contribution in [2.45, 2.75) is 26.3 Å². The Morgan fingerprint density at radius 2 is 1.93 bits per heavy atom. The Hall–Kier alpha value is -2.57. The van der Waals surface area contributed by atoms with Gasteiger partial charge in [-0.3, -0.25) is 14.5 Å². The third-order valence-electron chi connectivity index (χ3n) is 5.03. The van der Waals surface area contributed by atoms with E-state index in [-0.39, 0.29) is 27.9 Å². The van der Waals surface area contributed by atoms with Gasteiger partial charge in [0.25, 0.3) is 5.91 Å². The maximum Gasteiger partial charge on any atom is 0.320 e. The van der Waals surface area contributed by atoms with E-state index in [0.717, 1.165) is 4.90 Å². The minimum Gasteiger partial charge on any atom is -0.295 e. The number of nitrogens with zero attached hydrogens (tertiary/aromatic N) is 2. The van der Waals surface area contributed by atoms with Gasteiger partial charge in [-0.05, 0) is 49.2 Å². The van der Waals surface area contributed by atoms with Crippen molar-refractivity contribution in [2.75, 3.05) is 4.90 Å². The molecule has 0 saturated heterocycles. The molecule has 1 amide bonds. The highest BCUT2D eigenvalue weighted by Crippen LogP contribution is 2.46. The molecule has 0 spiro atoms. The monoisotopic (exact) mass is 434 g/mol. The number of amides is 1. The average molecular weight is 435 g/mol. The summed E-state index contributed by atoms with van der Waals surface area (Å²) in [6.45, 7) is 0.178. The summed E-state index contributed by atoms with van der Waals surface area (Å²) in [4.78, 5) is 29.3. The van der Waals surface area contributed by atoms with Gasteiger partial charge in [-0.2, -0.15) is 13.8 Å². The number of hydrogen-bond acceptors (Lipinski definition) is 3. The zero-order valence-electron chi connectivity index (χ0n) is 15.3. The molecule has 0 fully saturated rings. The second-order valence-electron chi connectivity index (χ2n) is 6.89. The normalized spacial score (nSPS) is 17.8. The van der Waals surface area contributed by atoms with E-state index in [1.807, 2.05) is 0 Å². The summed E-state index contributed by atoms with van der Waals surface area (Å²) < 4.78 is 27.8. The lowest BCUT2D eigenvalue weighted by Crippen LogP contribution is -2.35. The molecular weight excluding hydrogens is 421 g/mol. The SMILES string of the molecule is CC(=O)c1cc(C)c2c(c1)C1C=C(c3ccc(Cl)cc3Cl)C(=O)N=C1N2C(F)F. The standard InChI is InChI=1S/C21H14Cl2F2N2O2/c1-9-5-11(10(2)28)6-14-15-8-16(13-4-3-12(22)7-17(13)23)20(29)26-19(15)27(18(9)14)21(24)25/h3-8,15,21H,1-2H3. The van der Waals surface area contributed by atoms with E-state index in [4.69, 9.17) is 23.2 Å². The van der Waals surface area contributed by atoms with E-state index in [9.17, 15) is 18.4 Å². The Balaban J connectivity index is 1.93. The number of fused-ring (bicyclic) bond motifs is 3. The van der Waals surface area contributed by atoms with Gasteiger partial charge in [0, 0.05) is 21.7 Å². The fraction of sp³-hybridized carbons (Fsp3) is 0.190. The molecule has 2 aromatic carbocycles. The third-order valence-corrected chi connectivity index (χ3v) is 5.58. The van der Waals surface area contributed by atoms with Crippen LogP contribution >= 0.6 is 23.2 Å². The number of hydrogen-bond donors (Lipinski definition) is 0.